The van der Waals surface area contributed by atoms with Crippen molar-refractivity contribution >= 4 is 23.5 Å². The van der Waals surface area contributed by atoms with Crippen molar-refractivity contribution in [2.45, 2.75) is 13.8 Å². The van der Waals surface area contributed by atoms with E-state index in [0.717, 1.165) is 5.56 Å². The van der Waals surface area contributed by atoms with Gasteiger partial charge in [-0.25, -0.2) is 9.59 Å². The van der Waals surface area contributed by atoms with Gasteiger partial charge >= 0.3 is 11.9 Å². The van der Waals surface area contributed by atoms with Crippen LogP contribution in [0.25, 0.3) is 0 Å². The fraction of sp³-hybridized carbons (Fsp3) is 0.389. The first-order valence-electron chi connectivity index (χ1n) is 8.08. The Morgan fingerprint density at radius 1 is 1.19 bits per heavy atom. The maximum absolute atomic E-state index is 12.3. The highest BCUT2D eigenvalue weighted by molar-refractivity contribution is 6.03. The molecule has 0 saturated heterocycles. The first-order valence-corrected chi connectivity index (χ1v) is 8.08. The molecule has 2 rings (SSSR count). The Kier molecular flexibility index (Phi) is 6.35. The molecule has 26 heavy (non-hydrogen) atoms. The Labute approximate surface area is 151 Å². The number of rotatable bonds is 5. The zero-order valence-electron chi connectivity index (χ0n) is 15.3. The first kappa shape index (κ1) is 19.5. The minimum atomic E-state index is -0.666. The molecule has 1 aromatic carbocycles. The number of benzene rings is 1. The molecule has 1 N–H and O–H groups in total. The van der Waals surface area contributed by atoms with Crippen LogP contribution in [0.2, 0.25) is 0 Å². The number of hydrogen-bond donors (Lipinski definition) is 1. The Balaban J connectivity index is 2.49. The highest BCUT2D eigenvalue weighted by Crippen LogP contribution is 2.29. The molecular weight excluding hydrogens is 340 g/mol. The number of nitrogens with zero attached hydrogens (tertiary/aromatic N) is 1. The van der Waals surface area contributed by atoms with E-state index in [-0.39, 0.29) is 30.5 Å². The molecule has 0 radical (unpaired) electrons. The summed E-state index contributed by atoms with van der Waals surface area (Å²) in [5.74, 6) is -1.51. The van der Waals surface area contributed by atoms with Crippen molar-refractivity contribution in [2.24, 2.45) is 0 Å². The predicted octanol–water partition coefficient (Wildman–Crippen LogP) is 1.14. The molecule has 1 amide bonds. The summed E-state index contributed by atoms with van der Waals surface area (Å²) in [5, 5.41) is 2.73. The molecule has 1 heterocycles. The van der Waals surface area contributed by atoms with Gasteiger partial charge in [-0.05, 0) is 37.6 Å². The monoisotopic (exact) mass is 362 g/mol. The highest BCUT2D eigenvalue weighted by Gasteiger charge is 2.33. The third kappa shape index (κ3) is 3.85. The molecule has 1 aliphatic heterocycles. The minimum Gasteiger partial charge on any atom is -0.466 e. The number of methoxy groups -OCH3 is 2. The zero-order chi connectivity index (χ0) is 19.3. The van der Waals surface area contributed by atoms with Crippen LogP contribution in [0.3, 0.4) is 0 Å². The van der Waals surface area contributed by atoms with Crippen LogP contribution in [0.15, 0.2) is 29.5 Å². The summed E-state index contributed by atoms with van der Waals surface area (Å²) in [6, 6.07) is 5.06. The van der Waals surface area contributed by atoms with Crippen LogP contribution in [0.4, 0.5) is 5.69 Å². The summed E-state index contributed by atoms with van der Waals surface area (Å²) in [6.07, 6.45) is 0. The van der Waals surface area contributed by atoms with Crippen LogP contribution in [0.5, 0.6) is 0 Å². The summed E-state index contributed by atoms with van der Waals surface area (Å²) in [7, 11) is 2.47. The van der Waals surface area contributed by atoms with E-state index >= 15 is 0 Å². The maximum Gasteiger partial charge on any atom is 0.355 e. The van der Waals surface area contributed by atoms with E-state index in [0.29, 0.717) is 17.8 Å². The number of ether oxygens (including phenoxy) is 3. The van der Waals surface area contributed by atoms with Crippen molar-refractivity contribution in [3.05, 3.63) is 40.6 Å². The second kappa shape index (κ2) is 8.48. The number of carbonyl (C=O) groups is 3. The average molecular weight is 362 g/mol. The standard InChI is InChI=1S/C18H22N2O6/c1-5-19-16(21)12-6-7-14(11(2)8-12)20-10-26-9-13(17(22)24-3)15(20)18(23)25-4/h6-8H,5,9-10H2,1-4H3,(H,19,21). The summed E-state index contributed by atoms with van der Waals surface area (Å²) in [5.41, 5.74) is 2.02. The molecule has 0 aliphatic carbocycles. The molecule has 0 spiro atoms. The quantitative estimate of drug-likeness (QED) is 0.785. The molecule has 1 aromatic rings. The van der Waals surface area contributed by atoms with E-state index in [4.69, 9.17) is 14.2 Å². The van der Waals surface area contributed by atoms with Crippen LogP contribution < -0.4 is 10.2 Å². The van der Waals surface area contributed by atoms with Crippen LogP contribution in [0.1, 0.15) is 22.8 Å². The van der Waals surface area contributed by atoms with Gasteiger partial charge in [0.2, 0.25) is 0 Å². The molecule has 0 bridgehead atoms. The summed E-state index contributed by atoms with van der Waals surface area (Å²) in [6.45, 7) is 4.18. The number of nitrogens with one attached hydrogen (secondary N) is 1. The topological polar surface area (TPSA) is 94.2 Å². The fourth-order valence-electron chi connectivity index (χ4n) is 2.70. The Hall–Kier alpha value is -2.87. The van der Waals surface area contributed by atoms with Gasteiger partial charge in [0.15, 0.2) is 0 Å². The van der Waals surface area contributed by atoms with Crippen molar-refractivity contribution in [1.82, 2.24) is 5.32 Å². The zero-order valence-corrected chi connectivity index (χ0v) is 15.3. The van der Waals surface area contributed by atoms with E-state index in [2.05, 4.69) is 5.32 Å². The molecule has 0 saturated carbocycles. The summed E-state index contributed by atoms with van der Waals surface area (Å²) >= 11 is 0. The number of esters is 2. The van der Waals surface area contributed by atoms with Crippen molar-refractivity contribution in [3.8, 4) is 0 Å². The lowest BCUT2D eigenvalue weighted by atomic mass is 10.1. The van der Waals surface area contributed by atoms with Crippen molar-refractivity contribution < 1.29 is 28.6 Å². The molecule has 8 nitrogen and oxygen atoms in total. The minimum absolute atomic E-state index is 0.0519. The number of hydrogen-bond acceptors (Lipinski definition) is 7. The molecule has 0 unspecified atom stereocenters. The van der Waals surface area contributed by atoms with E-state index < -0.39 is 11.9 Å². The molecule has 1 aliphatic rings. The third-order valence-electron chi connectivity index (χ3n) is 3.92. The van der Waals surface area contributed by atoms with Crippen LogP contribution in [-0.4, -0.2) is 51.9 Å². The van der Waals surface area contributed by atoms with Crippen molar-refractivity contribution in [2.75, 3.05) is 39.0 Å². The van der Waals surface area contributed by atoms with E-state index in [1.54, 1.807) is 30.0 Å². The van der Waals surface area contributed by atoms with Gasteiger partial charge in [-0.3, -0.25) is 4.79 Å². The smallest absolute Gasteiger partial charge is 0.355 e. The van der Waals surface area contributed by atoms with Crippen LogP contribution in [0, 0.1) is 6.92 Å². The SMILES string of the molecule is CCNC(=O)c1ccc(N2COCC(C(=O)OC)=C2C(=O)OC)c(C)c1. The van der Waals surface area contributed by atoms with Crippen molar-refractivity contribution in [3.63, 3.8) is 0 Å². The average Bonchev–Trinajstić information content (AvgIpc) is 2.66. The number of carbonyl (C=O) groups excluding carboxylic acids is 3. The van der Waals surface area contributed by atoms with E-state index in [1.165, 1.54) is 14.2 Å². The van der Waals surface area contributed by atoms with Gasteiger partial charge in [-0.2, -0.15) is 0 Å². The van der Waals surface area contributed by atoms with Crippen LogP contribution in [-0.2, 0) is 23.8 Å². The largest absolute Gasteiger partial charge is 0.466 e. The lowest BCUT2D eigenvalue weighted by molar-refractivity contribution is -0.140. The lowest BCUT2D eigenvalue weighted by Crippen LogP contribution is -2.39. The molecule has 0 aromatic heterocycles. The number of aryl methyl sites for hydroxylation is 1. The third-order valence-corrected chi connectivity index (χ3v) is 3.92. The Bertz CT molecular complexity index is 756. The van der Waals surface area contributed by atoms with E-state index in [1.807, 2.05) is 6.92 Å². The number of anilines is 1. The molecule has 8 heteroatoms. The van der Waals surface area contributed by atoms with Gasteiger partial charge in [-0.1, -0.05) is 0 Å². The Morgan fingerprint density at radius 2 is 1.88 bits per heavy atom. The fourth-order valence-corrected chi connectivity index (χ4v) is 2.70. The highest BCUT2D eigenvalue weighted by atomic mass is 16.5. The van der Waals surface area contributed by atoms with Gasteiger partial charge in [0.1, 0.15) is 12.4 Å². The second-order valence-electron chi connectivity index (χ2n) is 5.58. The maximum atomic E-state index is 12.3. The summed E-state index contributed by atoms with van der Waals surface area (Å²) < 4.78 is 15.0. The van der Waals surface area contributed by atoms with Gasteiger partial charge in [-0.15, -0.1) is 0 Å². The van der Waals surface area contributed by atoms with Crippen LogP contribution >= 0.6 is 0 Å². The first-order chi connectivity index (χ1) is 12.4. The van der Waals surface area contributed by atoms with Gasteiger partial charge in [0, 0.05) is 17.8 Å². The lowest BCUT2D eigenvalue weighted by Gasteiger charge is -2.32. The van der Waals surface area contributed by atoms with Gasteiger partial charge in [0.05, 0.1) is 26.4 Å². The van der Waals surface area contributed by atoms with Gasteiger partial charge in [0.25, 0.3) is 5.91 Å². The predicted molar refractivity (Wildman–Crippen MR) is 93.5 cm³/mol. The molecule has 0 atom stereocenters. The van der Waals surface area contributed by atoms with E-state index in [9.17, 15) is 14.4 Å². The molecule has 140 valence electrons. The second-order valence-corrected chi connectivity index (χ2v) is 5.58. The molecule has 0 fully saturated rings. The molecular formula is C18H22N2O6. The van der Waals surface area contributed by atoms with Gasteiger partial charge < -0.3 is 24.4 Å². The van der Waals surface area contributed by atoms with Crippen molar-refractivity contribution in [1.29, 1.82) is 0 Å². The summed E-state index contributed by atoms with van der Waals surface area (Å²) in [4.78, 5) is 37.9. The number of amides is 1. The normalized spacial score (nSPS) is 14.1. The Morgan fingerprint density at radius 3 is 2.46 bits per heavy atom.